The Morgan fingerprint density at radius 1 is 1.32 bits per heavy atom. The highest BCUT2D eigenvalue weighted by Crippen LogP contribution is 2.23. The van der Waals surface area contributed by atoms with Crippen molar-refractivity contribution in [1.82, 2.24) is 4.90 Å². The lowest BCUT2D eigenvalue weighted by Gasteiger charge is -2.29. The fraction of sp³-hybridized carbons (Fsp3) is 0.588. The van der Waals surface area contributed by atoms with Gasteiger partial charge in [-0.2, -0.15) is 0 Å². The molecule has 140 valence electrons. The van der Waals surface area contributed by atoms with Gasteiger partial charge in [-0.1, -0.05) is 19.4 Å². The fourth-order valence-corrected chi connectivity index (χ4v) is 5.39. The molecule has 0 bridgehead atoms. The summed E-state index contributed by atoms with van der Waals surface area (Å²) in [7, 11) is -6.54. The summed E-state index contributed by atoms with van der Waals surface area (Å²) >= 11 is 0. The van der Waals surface area contributed by atoms with E-state index < -0.39 is 19.7 Å². The van der Waals surface area contributed by atoms with Crippen LogP contribution in [0.2, 0.25) is 0 Å². The first-order chi connectivity index (χ1) is 11.5. The van der Waals surface area contributed by atoms with E-state index in [4.69, 9.17) is 0 Å². The summed E-state index contributed by atoms with van der Waals surface area (Å²) in [5, 5.41) is 0. The summed E-state index contributed by atoms with van der Waals surface area (Å²) in [4.78, 5) is 14.8. The number of hydrogen-bond donors (Lipinski definition) is 0. The molecule has 1 aromatic carbocycles. The van der Waals surface area contributed by atoms with Gasteiger partial charge in [0.1, 0.15) is 0 Å². The maximum Gasteiger partial charge on any atom is 0.254 e. The Bertz CT molecular complexity index is 859. The van der Waals surface area contributed by atoms with Crippen molar-refractivity contribution in [3.05, 3.63) is 29.3 Å². The molecule has 0 radical (unpaired) electrons. The molecule has 2 rings (SSSR count). The van der Waals surface area contributed by atoms with Crippen LogP contribution in [0.1, 0.15) is 42.1 Å². The summed E-state index contributed by atoms with van der Waals surface area (Å²) in [5.74, 6) is -0.220. The van der Waals surface area contributed by atoms with E-state index in [1.54, 1.807) is 17.9 Å². The van der Waals surface area contributed by atoms with Gasteiger partial charge in [0, 0.05) is 24.4 Å². The number of amides is 1. The van der Waals surface area contributed by atoms with Gasteiger partial charge in [-0.25, -0.2) is 16.8 Å². The van der Waals surface area contributed by atoms with Crippen LogP contribution in [-0.4, -0.2) is 58.0 Å². The average molecular weight is 388 g/mol. The Balaban J connectivity index is 2.39. The predicted molar refractivity (Wildman–Crippen MR) is 97.3 cm³/mol. The summed E-state index contributed by atoms with van der Waals surface area (Å²) in [6, 6.07) is 4.16. The lowest BCUT2D eigenvalue weighted by atomic mass is 10.1. The fourth-order valence-electron chi connectivity index (χ4n) is 3.02. The molecule has 1 heterocycles. The van der Waals surface area contributed by atoms with Gasteiger partial charge in [-0.3, -0.25) is 4.79 Å². The molecule has 6 nitrogen and oxygen atoms in total. The van der Waals surface area contributed by atoms with Crippen molar-refractivity contribution < 1.29 is 21.6 Å². The molecule has 1 saturated heterocycles. The Labute approximate surface area is 150 Å². The zero-order chi connectivity index (χ0) is 18.8. The van der Waals surface area contributed by atoms with Crippen molar-refractivity contribution in [2.24, 2.45) is 0 Å². The molecular formula is C17H25NO5S2. The molecule has 0 spiro atoms. The van der Waals surface area contributed by atoms with Crippen molar-refractivity contribution in [3.8, 4) is 0 Å². The molecule has 1 atom stereocenters. The van der Waals surface area contributed by atoms with Crippen LogP contribution in [0.5, 0.6) is 0 Å². The average Bonchev–Trinajstić information content (AvgIpc) is 2.86. The number of carbonyl (C=O) groups excluding carboxylic acids is 1. The third kappa shape index (κ3) is 4.82. The number of benzene rings is 1. The summed E-state index contributed by atoms with van der Waals surface area (Å²) in [6.45, 7) is 4.23. The van der Waals surface area contributed by atoms with Crippen LogP contribution in [0.4, 0.5) is 0 Å². The molecule has 1 amide bonds. The van der Waals surface area contributed by atoms with Crippen molar-refractivity contribution in [1.29, 1.82) is 0 Å². The van der Waals surface area contributed by atoms with E-state index in [0.717, 1.165) is 19.1 Å². The molecule has 1 aromatic rings. The van der Waals surface area contributed by atoms with E-state index in [1.165, 1.54) is 12.1 Å². The standard InChI is InChI=1S/C17H25NO5S2/c1-4-5-9-18(14-8-10-25(22,23)12-14)17(19)16-11-15(24(3,20)21)7-6-13(16)2/h6-7,11,14H,4-5,8-10,12H2,1-3H3. The number of unbranched alkanes of at least 4 members (excludes halogenated alkanes) is 1. The second-order valence-corrected chi connectivity index (χ2v) is 10.9. The lowest BCUT2D eigenvalue weighted by Crippen LogP contribution is -2.42. The highest BCUT2D eigenvalue weighted by atomic mass is 32.2. The van der Waals surface area contributed by atoms with Crippen LogP contribution in [0, 0.1) is 6.92 Å². The lowest BCUT2D eigenvalue weighted by molar-refractivity contribution is 0.0693. The van der Waals surface area contributed by atoms with E-state index in [0.29, 0.717) is 24.1 Å². The second kappa shape index (κ2) is 7.45. The molecule has 25 heavy (non-hydrogen) atoms. The number of rotatable bonds is 6. The van der Waals surface area contributed by atoms with Gasteiger partial charge in [0.2, 0.25) is 0 Å². The summed E-state index contributed by atoms with van der Waals surface area (Å²) in [6.07, 6.45) is 3.19. The van der Waals surface area contributed by atoms with E-state index in [2.05, 4.69) is 0 Å². The molecule has 8 heteroatoms. The highest BCUT2D eigenvalue weighted by Gasteiger charge is 2.35. The van der Waals surface area contributed by atoms with E-state index in [-0.39, 0.29) is 28.4 Å². The molecule has 1 fully saturated rings. The maximum absolute atomic E-state index is 13.1. The van der Waals surface area contributed by atoms with Crippen LogP contribution in [0.15, 0.2) is 23.1 Å². The summed E-state index contributed by atoms with van der Waals surface area (Å²) in [5.41, 5.74) is 1.00. The minimum atomic E-state index is -3.42. The van der Waals surface area contributed by atoms with Crippen molar-refractivity contribution in [3.63, 3.8) is 0 Å². The van der Waals surface area contributed by atoms with Gasteiger partial charge < -0.3 is 4.90 Å². The molecule has 0 aliphatic carbocycles. The number of sulfone groups is 2. The third-order valence-corrected chi connectivity index (χ3v) is 7.39. The Morgan fingerprint density at radius 2 is 2.00 bits per heavy atom. The zero-order valence-electron chi connectivity index (χ0n) is 14.9. The van der Waals surface area contributed by atoms with Crippen molar-refractivity contribution >= 4 is 25.6 Å². The van der Waals surface area contributed by atoms with E-state index in [1.807, 2.05) is 6.92 Å². The number of carbonyl (C=O) groups is 1. The first kappa shape index (κ1) is 19.9. The monoisotopic (exact) mass is 387 g/mol. The zero-order valence-corrected chi connectivity index (χ0v) is 16.5. The Hall–Kier alpha value is -1.41. The molecule has 1 aliphatic rings. The van der Waals surface area contributed by atoms with Gasteiger partial charge in [0.15, 0.2) is 19.7 Å². The summed E-state index contributed by atoms with van der Waals surface area (Å²) < 4.78 is 47.2. The third-order valence-electron chi connectivity index (χ3n) is 4.53. The van der Waals surface area contributed by atoms with E-state index >= 15 is 0 Å². The Kier molecular flexibility index (Phi) is 5.93. The number of aryl methyl sites for hydroxylation is 1. The molecule has 1 aliphatic heterocycles. The first-order valence-corrected chi connectivity index (χ1v) is 12.1. The maximum atomic E-state index is 13.1. The SMILES string of the molecule is CCCCN(C(=O)c1cc(S(C)(=O)=O)ccc1C)C1CCS(=O)(=O)C1. The first-order valence-electron chi connectivity index (χ1n) is 8.37. The second-order valence-electron chi connectivity index (χ2n) is 6.66. The predicted octanol–water partition coefficient (Wildman–Crippen LogP) is 1.83. The normalized spacial score (nSPS) is 19.7. The highest BCUT2D eigenvalue weighted by molar-refractivity contribution is 7.91. The van der Waals surface area contributed by atoms with Gasteiger partial charge >= 0.3 is 0 Å². The minimum Gasteiger partial charge on any atom is -0.335 e. The van der Waals surface area contributed by atoms with Crippen molar-refractivity contribution in [2.75, 3.05) is 24.3 Å². The topological polar surface area (TPSA) is 88.6 Å². The van der Waals surface area contributed by atoms with Gasteiger partial charge in [0.25, 0.3) is 5.91 Å². The van der Waals surface area contributed by atoms with Gasteiger partial charge in [0.05, 0.1) is 16.4 Å². The van der Waals surface area contributed by atoms with Crippen LogP contribution >= 0.6 is 0 Å². The van der Waals surface area contributed by atoms with E-state index in [9.17, 15) is 21.6 Å². The largest absolute Gasteiger partial charge is 0.335 e. The van der Waals surface area contributed by atoms with Crippen LogP contribution in [-0.2, 0) is 19.7 Å². The van der Waals surface area contributed by atoms with Crippen molar-refractivity contribution in [2.45, 2.75) is 44.0 Å². The smallest absolute Gasteiger partial charge is 0.254 e. The van der Waals surface area contributed by atoms with Crippen LogP contribution in [0.3, 0.4) is 0 Å². The molecular weight excluding hydrogens is 362 g/mol. The minimum absolute atomic E-state index is 0.0206. The molecule has 0 N–H and O–H groups in total. The van der Waals surface area contributed by atoms with Gasteiger partial charge in [-0.05, 0) is 37.5 Å². The van der Waals surface area contributed by atoms with Crippen LogP contribution in [0.25, 0.3) is 0 Å². The number of nitrogens with zero attached hydrogens (tertiary/aromatic N) is 1. The quantitative estimate of drug-likeness (QED) is 0.743. The Morgan fingerprint density at radius 3 is 2.52 bits per heavy atom. The number of hydrogen-bond acceptors (Lipinski definition) is 5. The molecule has 1 unspecified atom stereocenters. The molecule has 0 saturated carbocycles. The van der Waals surface area contributed by atoms with Crippen LogP contribution < -0.4 is 0 Å². The molecule has 0 aromatic heterocycles. The van der Waals surface area contributed by atoms with Gasteiger partial charge in [-0.15, -0.1) is 0 Å².